The van der Waals surface area contributed by atoms with Crippen LogP contribution >= 0.6 is 0 Å². The zero-order valence-electron chi connectivity index (χ0n) is 5.72. The van der Waals surface area contributed by atoms with Crippen LogP contribution in [0.2, 0.25) is 0 Å². The molecule has 1 rings (SSSR count). The number of hydrogen-bond donors (Lipinski definition) is 0. The number of rotatable bonds is 1. The van der Waals surface area contributed by atoms with Crippen LogP contribution < -0.4 is 4.74 Å². The van der Waals surface area contributed by atoms with E-state index in [1.54, 1.807) is 7.11 Å². The summed E-state index contributed by atoms with van der Waals surface area (Å²) in [7, 11) is 1.68. The first-order valence-corrected chi connectivity index (χ1v) is 2.94. The first-order valence-electron chi connectivity index (χ1n) is 2.94. The number of ether oxygens (including phenoxy) is 1. The maximum atomic E-state index is 5.04. The van der Waals surface area contributed by atoms with Crippen molar-refractivity contribution in [2.75, 3.05) is 7.11 Å². The third kappa shape index (κ3) is 1.32. The van der Waals surface area contributed by atoms with Gasteiger partial charge in [0.1, 0.15) is 0 Å². The molecular formula is C7H9BO. The van der Waals surface area contributed by atoms with Gasteiger partial charge in [-0.05, 0) is 0 Å². The second-order valence-corrected chi connectivity index (χ2v) is 1.97. The molecule has 0 spiro atoms. The van der Waals surface area contributed by atoms with E-state index in [-0.39, 0.29) is 0 Å². The van der Waals surface area contributed by atoms with Crippen molar-refractivity contribution >= 4 is 6.91 Å². The molecule has 0 aromatic carbocycles. The van der Waals surface area contributed by atoms with Crippen LogP contribution in [-0.4, -0.2) is 14.0 Å². The monoisotopic (exact) mass is 120 g/mol. The van der Waals surface area contributed by atoms with Crippen molar-refractivity contribution in [3.8, 4) is 5.75 Å². The summed E-state index contributed by atoms with van der Waals surface area (Å²) >= 11 is 0. The van der Waals surface area contributed by atoms with E-state index in [0.29, 0.717) is 0 Å². The molecule has 0 N–H and O–H groups in total. The van der Waals surface area contributed by atoms with Crippen LogP contribution in [0.5, 0.6) is 5.75 Å². The molecule has 0 saturated heterocycles. The molecule has 1 heterocycles. The standard InChI is InChI=1S/C7H9BO/c1-6-7(9-2)4-3-5-8-6/h3-5H,1-2H3. The number of hydrogen-bond acceptors (Lipinski definition) is 1. The molecule has 0 amide bonds. The Morgan fingerprint density at radius 2 is 2.33 bits per heavy atom. The molecular weight excluding hydrogens is 111 g/mol. The molecule has 0 bridgehead atoms. The van der Waals surface area contributed by atoms with Crippen molar-refractivity contribution in [3.05, 3.63) is 23.6 Å². The summed E-state index contributed by atoms with van der Waals surface area (Å²) in [5.41, 5.74) is 1.18. The van der Waals surface area contributed by atoms with Gasteiger partial charge in [0.2, 0.25) is 0 Å². The van der Waals surface area contributed by atoms with Crippen molar-refractivity contribution < 1.29 is 4.74 Å². The van der Waals surface area contributed by atoms with Gasteiger partial charge >= 0.3 is 55.0 Å². The van der Waals surface area contributed by atoms with Crippen molar-refractivity contribution in [2.24, 2.45) is 0 Å². The predicted octanol–water partition coefficient (Wildman–Crippen LogP) is 1.34. The molecule has 1 aromatic rings. The summed E-state index contributed by atoms with van der Waals surface area (Å²) in [6, 6.07) is 3.92. The fourth-order valence-electron chi connectivity index (χ4n) is 0.785. The van der Waals surface area contributed by atoms with E-state index in [9.17, 15) is 0 Å². The summed E-state index contributed by atoms with van der Waals surface area (Å²) < 4.78 is 5.04. The maximum absolute atomic E-state index is 5.04. The van der Waals surface area contributed by atoms with Crippen LogP contribution in [0.25, 0.3) is 0 Å². The Bertz CT molecular complexity index is 198. The Labute approximate surface area is 55.9 Å². The molecule has 0 radical (unpaired) electrons. The van der Waals surface area contributed by atoms with Gasteiger partial charge in [-0.15, -0.1) is 0 Å². The average Bonchev–Trinajstić information content (AvgIpc) is 1.89. The molecule has 0 aliphatic carbocycles. The quantitative estimate of drug-likeness (QED) is 0.543. The molecule has 46 valence electrons. The first-order chi connectivity index (χ1) is 4.34. The van der Waals surface area contributed by atoms with Crippen LogP contribution in [0.15, 0.2) is 18.1 Å². The Morgan fingerprint density at radius 3 is 2.78 bits per heavy atom. The number of methoxy groups -OCH3 is 1. The van der Waals surface area contributed by atoms with Gasteiger partial charge in [-0.1, -0.05) is 0 Å². The van der Waals surface area contributed by atoms with Gasteiger partial charge in [-0.3, -0.25) is 0 Å². The molecule has 0 saturated carbocycles. The SMILES string of the molecule is COc1cccbc1C. The first kappa shape index (κ1) is 6.34. The summed E-state index contributed by atoms with van der Waals surface area (Å²) in [4.78, 5) is 0. The van der Waals surface area contributed by atoms with Crippen LogP contribution in [0, 0.1) is 6.92 Å². The second-order valence-electron chi connectivity index (χ2n) is 1.97. The summed E-state index contributed by atoms with van der Waals surface area (Å²) in [6.45, 7) is 4.05. The van der Waals surface area contributed by atoms with Gasteiger partial charge in [0, 0.05) is 0 Å². The zero-order chi connectivity index (χ0) is 6.69. The van der Waals surface area contributed by atoms with Gasteiger partial charge in [0.25, 0.3) is 0 Å². The Balaban J connectivity index is 3.01. The molecule has 0 unspecified atom stereocenters. The summed E-state index contributed by atoms with van der Waals surface area (Å²) in [5.74, 6) is 2.95. The van der Waals surface area contributed by atoms with Gasteiger partial charge in [0.05, 0.1) is 0 Å². The minimum atomic E-state index is 0.956. The second kappa shape index (κ2) is 2.67. The Morgan fingerprint density at radius 1 is 1.56 bits per heavy atom. The van der Waals surface area contributed by atoms with E-state index in [1.807, 2.05) is 31.9 Å². The fourth-order valence-corrected chi connectivity index (χ4v) is 0.785. The summed E-state index contributed by atoms with van der Waals surface area (Å²) in [6.07, 6.45) is 0. The van der Waals surface area contributed by atoms with Crippen molar-refractivity contribution in [2.45, 2.75) is 6.92 Å². The van der Waals surface area contributed by atoms with E-state index in [1.165, 1.54) is 5.46 Å². The van der Waals surface area contributed by atoms with Gasteiger partial charge in [-0.2, -0.15) is 0 Å². The average molecular weight is 120 g/mol. The van der Waals surface area contributed by atoms with Gasteiger partial charge in [0.15, 0.2) is 0 Å². The molecule has 1 nitrogen and oxygen atoms in total. The fraction of sp³-hybridized carbons (Fsp3) is 0.286. The van der Waals surface area contributed by atoms with E-state index in [0.717, 1.165) is 5.75 Å². The van der Waals surface area contributed by atoms with Gasteiger partial charge in [-0.25, -0.2) is 0 Å². The third-order valence-electron chi connectivity index (χ3n) is 1.31. The normalized spacial score (nSPS) is 8.67. The molecule has 2 heteroatoms. The number of aryl methyl sites for hydroxylation is 1. The van der Waals surface area contributed by atoms with Crippen molar-refractivity contribution in [1.82, 2.24) is 0 Å². The van der Waals surface area contributed by atoms with Gasteiger partial charge < -0.3 is 0 Å². The zero-order valence-corrected chi connectivity index (χ0v) is 5.72. The van der Waals surface area contributed by atoms with E-state index >= 15 is 0 Å². The summed E-state index contributed by atoms with van der Waals surface area (Å²) in [5, 5.41) is 0. The van der Waals surface area contributed by atoms with E-state index in [2.05, 4.69) is 0 Å². The predicted molar refractivity (Wildman–Crippen MR) is 39.1 cm³/mol. The van der Waals surface area contributed by atoms with Crippen LogP contribution in [0.1, 0.15) is 5.46 Å². The molecule has 0 fully saturated rings. The molecule has 1 aromatic heterocycles. The molecule has 0 aliphatic rings. The van der Waals surface area contributed by atoms with Crippen molar-refractivity contribution in [3.63, 3.8) is 0 Å². The third-order valence-corrected chi connectivity index (χ3v) is 1.31. The van der Waals surface area contributed by atoms with E-state index < -0.39 is 0 Å². The Hall–Kier alpha value is -0.785. The van der Waals surface area contributed by atoms with Crippen LogP contribution in [0.3, 0.4) is 0 Å². The van der Waals surface area contributed by atoms with Crippen molar-refractivity contribution in [1.29, 1.82) is 0 Å². The van der Waals surface area contributed by atoms with Crippen LogP contribution in [0.4, 0.5) is 0 Å². The molecule has 0 atom stereocenters. The topological polar surface area (TPSA) is 9.23 Å². The van der Waals surface area contributed by atoms with E-state index in [4.69, 9.17) is 4.74 Å². The molecule has 9 heavy (non-hydrogen) atoms. The minimum absolute atomic E-state index is 0.956. The Kier molecular flexibility index (Phi) is 1.88. The molecule has 0 aliphatic heterocycles. The van der Waals surface area contributed by atoms with Crippen LogP contribution in [-0.2, 0) is 0 Å².